The Labute approximate surface area is 124 Å². The highest BCUT2D eigenvalue weighted by Gasteiger charge is 2.31. The summed E-state index contributed by atoms with van der Waals surface area (Å²) in [5, 5.41) is 3.17. The highest BCUT2D eigenvalue weighted by atomic mass is 16.1. The summed E-state index contributed by atoms with van der Waals surface area (Å²) in [5.41, 5.74) is 6.01. The number of carbonyl (C=O) groups is 1. The Hall–Kier alpha value is -0.570. The Morgan fingerprint density at radius 2 is 1.95 bits per heavy atom. The van der Waals surface area contributed by atoms with Gasteiger partial charge >= 0.3 is 0 Å². The van der Waals surface area contributed by atoms with Crippen molar-refractivity contribution in [1.82, 2.24) is 5.32 Å². The normalized spacial score (nSPS) is 38.5. The van der Waals surface area contributed by atoms with Crippen LogP contribution in [0.25, 0.3) is 0 Å². The zero-order valence-corrected chi connectivity index (χ0v) is 13.2. The third kappa shape index (κ3) is 4.47. The molecule has 5 atom stereocenters. The van der Waals surface area contributed by atoms with E-state index in [2.05, 4.69) is 19.2 Å². The van der Waals surface area contributed by atoms with Crippen LogP contribution in [0.2, 0.25) is 0 Å². The molecular weight excluding hydrogens is 248 g/mol. The van der Waals surface area contributed by atoms with E-state index in [1.807, 2.05) is 0 Å². The van der Waals surface area contributed by atoms with E-state index >= 15 is 0 Å². The molecule has 3 heteroatoms. The lowest BCUT2D eigenvalue weighted by atomic mass is 9.77. The summed E-state index contributed by atoms with van der Waals surface area (Å²) >= 11 is 0. The lowest BCUT2D eigenvalue weighted by Gasteiger charge is -2.32. The molecule has 116 valence electrons. The Morgan fingerprint density at radius 3 is 2.70 bits per heavy atom. The van der Waals surface area contributed by atoms with Crippen LogP contribution in [0.4, 0.5) is 0 Å². The van der Waals surface area contributed by atoms with Crippen molar-refractivity contribution >= 4 is 5.91 Å². The van der Waals surface area contributed by atoms with Crippen molar-refractivity contribution in [3.63, 3.8) is 0 Å². The third-order valence-corrected chi connectivity index (χ3v) is 5.47. The van der Waals surface area contributed by atoms with Crippen molar-refractivity contribution in [2.45, 2.75) is 71.3 Å². The summed E-state index contributed by atoms with van der Waals surface area (Å²) in [7, 11) is 0. The van der Waals surface area contributed by atoms with Gasteiger partial charge in [-0.2, -0.15) is 0 Å². The highest BCUT2D eigenvalue weighted by molar-refractivity contribution is 5.79. The van der Waals surface area contributed by atoms with Gasteiger partial charge in [0.25, 0.3) is 0 Å². The SMILES string of the molecule is CC1CCCC(CCNC(=O)C2CC(N)CCC2C)C1. The first-order valence-corrected chi connectivity index (χ1v) is 8.59. The lowest BCUT2D eigenvalue weighted by Crippen LogP contribution is -2.42. The fourth-order valence-corrected chi connectivity index (χ4v) is 4.07. The van der Waals surface area contributed by atoms with Crippen LogP contribution in [0, 0.1) is 23.7 Å². The monoisotopic (exact) mass is 280 g/mol. The molecule has 3 nitrogen and oxygen atoms in total. The number of nitrogens with two attached hydrogens (primary N) is 1. The average Bonchev–Trinajstić information content (AvgIpc) is 2.41. The molecule has 2 rings (SSSR count). The Kier molecular flexibility index (Phi) is 5.88. The van der Waals surface area contributed by atoms with Crippen LogP contribution in [0.15, 0.2) is 0 Å². The molecule has 0 heterocycles. The van der Waals surface area contributed by atoms with Crippen LogP contribution in [0.3, 0.4) is 0 Å². The molecular formula is C17H32N2O. The molecule has 0 aromatic carbocycles. The van der Waals surface area contributed by atoms with Crippen LogP contribution in [0.5, 0.6) is 0 Å². The molecule has 2 aliphatic rings. The molecule has 3 N–H and O–H groups in total. The van der Waals surface area contributed by atoms with Crippen molar-refractivity contribution in [2.24, 2.45) is 29.4 Å². The molecule has 2 fully saturated rings. The molecule has 0 aromatic rings. The van der Waals surface area contributed by atoms with Crippen LogP contribution in [-0.2, 0) is 4.79 Å². The Morgan fingerprint density at radius 1 is 1.15 bits per heavy atom. The molecule has 5 unspecified atom stereocenters. The Balaban J connectivity index is 1.69. The van der Waals surface area contributed by atoms with Gasteiger partial charge in [0.15, 0.2) is 0 Å². The van der Waals surface area contributed by atoms with Crippen LogP contribution in [-0.4, -0.2) is 18.5 Å². The standard InChI is InChI=1S/C17H32N2O/c1-12-4-3-5-14(10-12)8-9-19-17(20)16-11-15(18)7-6-13(16)2/h12-16H,3-11,18H2,1-2H3,(H,19,20). The van der Waals surface area contributed by atoms with E-state index in [1.165, 1.54) is 25.7 Å². The number of hydrogen-bond acceptors (Lipinski definition) is 2. The number of hydrogen-bond donors (Lipinski definition) is 2. The van der Waals surface area contributed by atoms with Crippen LogP contribution >= 0.6 is 0 Å². The van der Waals surface area contributed by atoms with Gasteiger partial charge in [-0.15, -0.1) is 0 Å². The van der Waals surface area contributed by atoms with Gasteiger partial charge in [-0.1, -0.05) is 33.1 Å². The summed E-state index contributed by atoms with van der Waals surface area (Å²) in [6, 6.07) is 0.223. The van der Waals surface area contributed by atoms with Gasteiger partial charge < -0.3 is 11.1 Å². The second-order valence-corrected chi connectivity index (χ2v) is 7.37. The molecule has 0 spiro atoms. The fraction of sp³-hybridized carbons (Fsp3) is 0.941. The van der Waals surface area contributed by atoms with Gasteiger partial charge in [-0.3, -0.25) is 4.79 Å². The summed E-state index contributed by atoms with van der Waals surface area (Å²) in [6.45, 7) is 5.41. The molecule has 0 bridgehead atoms. The molecule has 2 aliphatic carbocycles. The van der Waals surface area contributed by atoms with Crippen molar-refractivity contribution in [3.05, 3.63) is 0 Å². The predicted molar refractivity (Wildman–Crippen MR) is 83.2 cm³/mol. The van der Waals surface area contributed by atoms with Gasteiger partial charge in [0, 0.05) is 18.5 Å². The zero-order valence-electron chi connectivity index (χ0n) is 13.2. The first-order chi connectivity index (χ1) is 9.56. The van der Waals surface area contributed by atoms with Crippen LogP contribution < -0.4 is 11.1 Å². The van der Waals surface area contributed by atoms with Crippen molar-refractivity contribution < 1.29 is 4.79 Å². The smallest absolute Gasteiger partial charge is 0.223 e. The van der Waals surface area contributed by atoms with Gasteiger partial charge in [0.05, 0.1) is 0 Å². The predicted octanol–water partition coefficient (Wildman–Crippen LogP) is 3.08. The quantitative estimate of drug-likeness (QED) is 0.831. The molecule has 1 amide bonds. The maximum absolute atomic E-state index is 12.3. The molecule has 0 aliphatic heterocycles. The molecule has 2 saturated carbocycles. The molecule has 0 aromatic heterocycles. The number of amides is 1. The fourth-order valence-electron chi connectivity index (χ4n) is 4.07. The third-order valence-electron chi connectivity index (χ3n) is 5.47. The topological polar surface area (TPSA) is 55.1 Å². The Bertz CT molecular complexity index is 318. The molecule has 0 radical (unpaired) electrons. The van der Waals surface area contributed by atoms with Gasteiger partial charge in [-0.05, 0) is 49.9 Å². The van der Waals surface area contributed by atoms with Crippen molar-refractivity contribution in [3.8, 4) is 0 Å². The van der Waals surface area contributed by atoms with E-state index in [1.54, 1.807) is 0 Å². The van der Waals surface area contributed by atoms with Gasteiger partial charge in [-0.25, -0.2) is 0 Å². The average molecular weight is 280 g/mol. The summed E-state index contributed by atoms with van der Waals surface area (Å²) in [4.78, 5) is 12.3. The van der Waals surface area contributed by atoms with Gasteiger partial charge in [0.1, 0.15) is 0 Å². The first kappa shape index (κ1) is 15.8. The summed E-state index contributed by atoms with van der Waals surface area (Å²) in [6.07, 6.45) is 9.65. The van der Waals surface area contributed by atoms with E-state index < -0.39 is 0 Å². The van der Waals surface area contributed by atoms with E-state index in [-0.39, 0.29) is 17.9 Å². The number of rotatable bonds is 4. The minimum Gasteiger partial charge on any atom is -0.356 e. The zero-order chi connectivity index (χ0) is 14.5. The van der Waals surface area contributed by atoms with Gasteiger partial charge in [0.2, 0.25) is 5.91 Å². The number of carbonyl (C=O) groups excluding carboxylic acids is 1. The first-order valence-electron chi connectivity index (χ1n) is 8.59. The highest BCUT2D eigenvalue weighted by Crippen LogP contribution is 2.31. The van der Waals surface area contributed by atoms with E-state index in [4.69, 9.17) is 5.73 Å². The maximum atomic E-state index is 12.3. The second-order valence-electron chi connectivity index (χ2n) is 7.37. The minimum atomic E-state index is 0.143. The van der Waals surface area contributed by atoms with Crippen LogP contribution in [0.1, 0.15) is 65.2 Å². The van der Waals surface area contributed by atoms with E-state index in [9.17, 15) is 4.79 Å². The lowest BCUT2D eigenvalue weighted by molar-refractivity contribution is -0.127. The van der Waals surface area contributed by atoms with E-state index in [0.29, 0.717) is 5.92 Å². The molecule has 20 heavy (non-hydrogen) atoms. The van der Waals surface area contributed by atoms with Crippen molar-refractivity contribution in [1.29, 1.82) is 0 Å². The van der Waals surface area contributed by atoms with Crippen molar-refractivity contribution in [2.75, 3.05) is 6.54 Å². The molecule has 0 saturated heterocycles. The van der Waals surface area contributed by atoms with E-state index in [0.717, 1.165) is 44.1 Å². The number of nitrogens with one attached hydrogen (secondary N) is 1. The minimum absolute atomic E-state index is 0.143. The summed E-state index contributed by atoms with van der Waals surface area (Å²) < 4.78 is 0. The largest absolute Gasteiger partial charge is 0.356 e. The second kappa shape index (κ2) is 7.44. The maximum Gasteiger partial charge on any atom is 0.223 e. The summed E-state index contributed by atoms with van der Waals surface area (Å²) in [5.74, 6) is 2.58.